The fourth-order valence-corrected chi connectivity index (χ4v) is 6.37. The van der Waals surface area contributed by atoms with Crippen molar-refractivity contribution in [2.45, 2.75) is 18.3 Å². The molecule has 7 rings (SSSR count). The second kappa shape index (κ2) is 9.89. The van der Waals surface area contributed by atoms with Gasteiger partial charge in [-0.2, -0.15) is 0 Å². The molecule has 0 heterocycles. The van der Waals surface area contributed by atoms with Gasteiger partial charge in [-0.05, 0) is 74.0 Å². The van der Waals surface area contributed by atoms with Gasteiger partial charge in [-0.3, -0.25) is 0 Å². The Labute approximate surface area is 228 Å². The maximum absolute atomic E-state index is 12.8. The molecule has 0 fully saturated rings. The molecule has 39 heavy (non-hydrogen) atoms. The number of benzene rings is 6. The molecule has 0 aromatic heterocycles. The van der Waals surface area contributed by atoms with Gasteiger partial charge in [-0.25, -0.2) is 4.79 Å². The second-order valence-corrected chi connectivity index (χ2v) is 10.3. The molecular weight excluding hydrogens is 476 g/mol. The van der Waals surface area contributed by atoms with Crippen molar-refractivity contribution in [3.63, 3.8) is 0 Å². The zero-order valence-electron chi connectivity index (χ0n) is 21.6. The van der Waals surface area contributed by atoms with E-state index >= 15 is 0 Å². The van der Waals surface area contributed by atoms with Gasteiger partial charge in [0.15, 0.2) is 0 Å². The Morgan fingerprint density at radius 2 is 1.00 bits per heavy atom. The van der Waals surface area contributed by atoms with Gasteiger partial charge >= 0.3 is 5.97 Å². The summed E-state index contributed by atoms with van der Waals surface area (Å²) in [5.74, 6) is -0.0897. The molecule has 2 nitrogen and oxygen atoms in total. The van der Waals surface area contributed by atoms with Gasteiger partial charge in [-0.15, -0.1) is 0 Å². The summed E-state index contributed by atoms with van der Waals surface area (Å²) in [6.45, 7) is 0.311. The largest absolute Gasteiger partial charge is 0.461 e. The first-order chi connectivity index (χ1) is 19.3. The monoisotopic (exact) mass is 504 g/mol. The standard InChI is InChI=1S/C37H28O2/c38-37(25-12-2-1-3-13-25)39-24-36-32-20-10-8-18-30(32)35(31-19-9-11-21-33(31)36)23-34-28-16-6-4-14-26(28)22-27-15-5-7-17-29(27)34/h1-22,35-36H,23-24H2. The van der Waals surface area contributed by atoms with E-state index in [-0.39, 0.29) is 17.8 Å². The number of fused-ring (bicyclic) bond motifs is 4. The van der Waals surface area contributed by atoms with Crippen LogP contribution in [-0.2, 0) is 11.2 Å². The molecule has 0 bridgehead atoms. The number of ether oxygens (including phenoxy) is 1. The van der Waals surface area contributed by atoms with E-state index in [4.69, 9.17) is 4.74 Å². The average molecular weight is 505 g/mol. The third-order valence-corrected chi connectivity index (χ3v) is 8.18. The summed E-state index contributed by atoms with van der Waals surface area (Å²) in [5.41, 5.74) is 7.07. The summed E-state index contributed by atoms with van der Waals surface area (Å²) in [5, 5.41) is 5.17. The van der Waals surface area contributed by atoms with Crippen LogP contribution in [0.3, 0.4) is 0 Å². The molecule has 0 amide bonds. The number of esters is 1. The van der Waals surface area contributed by atoms with Crippen LogP contribution in [0.25, 0.3) is 21.5 Å². The van der Waals surface area contributed by atoms with Crippen molar-refractivity contribution < 1.29 is 9.53 Å². The lowest BCUT2D eigenvalue weighted by atomic mass is 9.70. The maximum Gasteiger partial charge on any atom is 0.338 e. The van der Waals surface area contributed by atoms with Gasteiger partial charge in [0, 0.05) is 11.8 Å². The highest BCUT2D eigenvalue weighted by molar-refractivity contribution is 6.02. The summed E-state index contributed by atoms with van der Waals surface area (Å²) in [7, 11) is 0. The van der Waals surface area contributed by atoms with Crippen molar-refractivity contribution in [2.24, 2.45) is 0 Å². The van der Waals surface area contributed by atoms with E-state index in [1.165, 1.54) is 49.4 Å². The predicted molar refractivity (Wildman–Crippen MR) is 158 cm³/mol. The molecule has 0 atom stereocenters. The molecular formula is C37H28O2. The molecule has 1 aliphatic carbocycles. The van der Waals surface area contributed by atoms with Crippen molar-refractivity contribution in [1.29, 1.82) is 0 Å². The minimum absolute atomic E-state index is 0.00873. The first kappa shape index (κ1) is 23.4. The average Bonchev–Trinajstić information content (AvgIpc) is 3.00. The third-order valence-electron chi connectivity index (χ3n) is 8.18. The van der Waals surface area contributed by atoms with E-state index in [0.29, 0.717) is 12.2 Å². The molecule has 2 heteroatoms. The topological polar surface area (TPSA) is 26.3 Å². The summed E-state index contributed by atoms with van der Waals surface area (Å²) in [4.78, 5) is 12.8. The molecule has 6 aromatic carbocycles. The number of hydrogen-bond acceptors (Lipinski definition) is 2. The summed E-state index contributed by atoms with van der Waals surface area (Å²) in [6, 6.07) is 46.4. The van der Waals surface area contributed by atoms with Crippen LogP contribution < -0.4 is 0 Å². The lowest BCUT2D eigenvalue weighted by Crippen LogP contribution is -2.24. The summed E-state index contributed by atoms with van der Waals surface area (Å²) < 4.78 is 5.91. The number of hydrogen-bond donors (Lipinski definition) is 0. The van der Waals surface area contributed by atoms with E-state index in [1.807, 2.05) is 18.2 Å². The predicted octanol–water partition coefficient (Wildman–Crippen LogP) is 8.67. The summed E-state index contributed by atoms with van der Waals surface area (Å²) >= 11 is 0. The van der Waals surface area contributed by atoms with Gasteiger partial charge in [0.2, 0.25) is 0 Å². The zero-order chi connectivity index (χ0) is 26.2. The molecule has 0 N–H and O–H groups in total. The molecule has 0 spiro atoms. The second-order valence-electron chi connectivity index (χ2n) is 10.3. The first-order valence-corrected chi connectivity index (χ1v) is 13.6. The lowest BCUT2D eigenvalue weighted by Gasteiger charge is -2.34. The Hall–Kier alpha value is -4.69. The molecule has 0 saturated heterocycles. The van der Waals surface area contributed by atoms with Crippen molar-refractivity contribution >= 4 is 27.5 Å². The molecule has 6 aromatic rings. The molecule has 1 aliphatic rings. The van der Waals surface area contributed by atoms with E-state index in [9.17, 15) is 4.79 Å². The van der Waals surface area contributed by atoms with Crippen LogP contribution in [0.15, 0.2) is 133 Å². The van der Waals surface area contributed by atoms with E-state index in [0.717, 1.165) is 6.42 Å². The van der Waals surface area contributed by atoms with Crippen LogP contribution in [0.5, 0.6) is 0 Å². The zero-order valence-corrected chi connectivity index (χ0v) is 21.6. The molecule has 0 radical (unpaired) electrons. The number of carbonyl (C=O) groups is 1. The van der Waals surface area contributed by atoms with Gasteiger partial charge in [-0.1, -0.05) is 115 Å². The minimum atomic E-state index is -0.282. The Morgan fingerprint density at radius 1 is 0.538 bits per heavy atom. The minimum Gasteiger partial charge on any atom is -0.461 e. The van der Waals surface area contributed by atoms with E-state index in [2.05, 4.69) is 103 Å². The van der Waals surface area contributed by atoms with Gasteiger partial charge < -0.3 is 4.74 Å². The normalized spacial score (nSPS) is 16.0. The molecule has 0 unspecified atom stereocenters. The Morgan fingerprint density at radius 3 is 1.56 bits per heavy atom. The van der Waals surface area contributed by atoms with Crippen molar-refractivity contribution in [1.82, 2.24) is 0 Å². The van der Waals surface area contributed by atoms with Crippen molar-refractivity contribution in [3.05, 3.63) is 167 Å². The van der Waals surface area contributed by atoms with E-state index < -0.39 is 0 Å². The van der Waals surface area contributed by atoms with Crippen LogP contribution >= 0.6 is 0 Å². The lowest BCUT2D eigenvalue weighted by molar-refractivity contribution is 0.0491. The van der Waals surface area contributed by atoms with Gasteiger partial charge in [0.25, 0.3) is 0 Å². The fourth-order valence-electron chi connectivity index (χ4n) is 6.37. The highest BCUT2D eigenvalue weighted by Crippen LogP contribution is 2.46. The van der Waals surface area contributed by atoms with Crippen LogP contribution in [0.2, 0.25) is 0 Å². The van der Waals surface area contributed by atoms with Crippen molar-refractivity contribution in [2.75, 3.05) is 6.61 Å². The van der Waals surface area contributed by atoms with Gasteiger partial charge in [0.1, 0.15) is 6.61 Å². The number of carbonyl (C=O) groups excluding carboxylic acids is 1. The smallest absolute Gasteiger partial charge is 0.338 e. The van der Waals surface area contributed by atoms with Gasteiger partial charge in [0.05, 0.1) is 5.56 Å². The van der Waals surface area contributed by atoms with E-state index in [1.54, 1.807) is 12.1 Å². The quantitative estimate of drug-likeness (QED) is 0.173. The molecule has 0 aliphatic heterocycles. The SMILES string of the molecule is O=C(OCC1c2ccccc2C(Cc2c3ccccc3cc3ccccc23)c2ccccc21)c1ccccc1. The first-order valence-electron chi connectivity index (χ1n) is 13.6. The number of rotatable bonds is 5. The Balaban J connectivity index is 1.32. The fraction of sp³-hybridized carbons (Fsp3) is 0.108. The molecule has 0 saturated carbocycles. The highest BCUT2D eigenvalue weighted by atomic mass is 16.5. The Bertz CT molecular complexity index is 1720. The molecule has 188 valence electrons. The van der Waals surface area contributed by atoms with Crippen LogP contribution in [0.4, 0.5) is 0 Å². The highest BCUT2D eigenvalue weighted by Gasteiger charge is 2.33. The van der Waals surface area contributed by atoms with Crippen LogP contribution in [0, 0.1) is 0 Å². The maximum atomic E-state index is 12.8. The van der Waals surface area contributed by atoms with Crippen LogP contribution in [0.1, 0.15) is 50.0 Å². The van der Waals surface area contributed by atoms with Crippen LogP contribution in [-0.4, -0.2) is 12.6 Å². The summed E-state index contributed by atoms with van der Waals surface area (Å²) in [6.07, 6.45) is 0.895. The van der Waals surface area contributed by atoms with Crippen molar-refractivity contribution in [3.8, 4) is 0 Å². The Kier molecular flexibility index (Phi) is 5.94. The third kappa shape index (κ3) is 4.19.